The van der Waals surface area contributed by atoms with Crippen molar-refractivity contribution >= 4 is 17.5 Å². The molecule has 6 heteroatoms. The van der Waals surface area contributed by atoms with Crippen LogP contribution in [0.4, 0.5) is 5.69 Å². The van der Waals surface area contributed by atoms with E-state index < -0.39 is 6.04 Å². The first kappa shape index (κ1) is 18.1. The molecule has 1 saturated heterocycles. The second-order valence-electron chi connectivity index (χ2n) is 6.21. The number of amides is 2. The van der Waals surface area contributed by atoms with E-state index in [1.54, 1.807) is 11.9 Å². The number of carbonyl (C=O) groups excluding carboxylic acids is 2. The van der Waals surface area contributed by atoms with Crippen LogP contribution in [0.2, 0.25) is 0 Å². The maximum Gasteiger partial charge on any atom is 0.246 e. The average molecular weight is 353 g/mol. The van der Waals surface area contributed by atoms with Crippen LogP contribution >= 0.6 is 0 Å². The summed E-state index contributed by atoms with van der Waals surface area (Å²) in [4.78, 5) is 28.3. The third-order valence-electron chi connectivity index (χ3n) is 4.64. The van der Waals surface area contributed by atoms with Gasteiger partial charge in [0.25, 0.3) is 0 Å². The van der Waals surface area contributed by atoms with Crippen LogP contribution in [0.3, 0.4) is 0 Å². The highest BCUT2D eigenvalue weighted by atomic mass is 16.3. The molecule has 26 heavy (non-hydrogen) atoms. The number of nitrogens with one attached hydrogen (secondary N) is 1. The van der Waals surface area contributed by atoms with Crippen molar-refractivity contribution in [1.82, 2.24) is 10.2 Å². The number of hydrogen-bond donors (Lipinski definition) is 2. The summed E-state index contributed by atoms with van der Waals surface area (Å²) in [6.07, 6.45) is 0. The third kappa shape index (κ3) is 3.61. The van der Waals surface area contributed by atoms with Gasteiger partial charge in [-0.3, -0.25) is 9.59 Å². The molecule has 0 aliphatic carbocycles. The SMILES string of the molecule is CN[C@@H](CO)C(=O)N1CCN(c2ccccc2-c2ccccc2)C(=O)C1. The lowest BCUT2D eigenvalue weighted by Crippen LogP contribution is -2.57. The summed E-state index contributed by atoms with van der Waals surface area (Å²) in [6.45, 7) is 0.586. The number of anilines is 1. The molecular formula is C20H23N3O3. The summed E-state index contributed by atoms with van der Waals surface area (Å²) < 4.78 is 0. The van der Waals surface area contributed by atoms with E-state index in [4.69, 9.17) is 0 Å². The maximum atomic E-state index is 12.7. The van der Waals surface area contributed by atoms with Gasteiger partial charge >= 0.3 is 0 Å². The molecule has 1 fully saturated rings. The summed E-state index contributed by atoms with van der Waals surface area (Å²) in [5, 5.41) is 12.1. The Morgan fingerprint density at radius 3 is 2.46 bits per heavy atom. The molecule has 3 rings (SSSR count). The van der Waals surface area contributed by atoms with E-state index in [1.165, 1.54) is 4.90 Å². The standard InChI is InChI=1S/C20H23N3O3/c1-21-17(14-24)20(26)22-11-12-23(19(25)13-22)18-10-6-5-9-16(18)15-7-3-2-4-8-15/h2-10,17,21,24H,11-14H2,1H3/t17-/m0/s1. The van der Waals surface area contributed by atoms with E-state index in [2.05, 4.69) is 5.32 Å². The lowest BCUT2D eigenvalue weighted by atomic mass is 10.0. The molecule has 136 valence electrons. The van der Waals surface area contributed by atoms with Crippen LogP contribution in [0.15, 0.2) is 54.6 Å². The molecule has 0 saturated carbocycles. The van der Waals surface area contributed by atoms with Gasteiger partial charge in [-0.15, -0.1) is 0 Å². The number of rotatable bonds is 5. The predicted molar refractivity (Wildman–Crippen MR) is 101 cm³/mol. The molecule has 2 aromatic rings. The Balaban J connectivity index is 1.81. The van der Waals surface area contributed by atoms with Crippen molar-refractivity contribution in [1.29, 1.82) is 0 Å². The van der Waals surface area contributed by atoms with Gasteiger partial charge in [0, 0.05) is 18.7 Å². The number of aliphatic hydroxyl groups is 1. The maximum absolute atomic E-state index is 12.7. The van der Waals surface area contributed by atoms with Gasteiger partial charge in [-0.05, 0) is 18.7 Å². The van der Waals surface area contributed by atoms with Crippen LogP contribution in [0, 0.1) is 0 Å². The first-order valence-electron chi connectivity index (χ1n) is 8.67. The number of piperazine rings is 1. The van der Waals surface area contributed by atoms with Gasteiger partial charge < -0.3 is 20.2 Å². The smallest absolute Gasteiger partial charge is 0.246 e. The van der Waals surface area contributed by atoms with Gasteiger partial charge in [-0.25, -0.2) is 0 Å². The molecule has 0 spiro atoms. The summed E-state index contributed by atoms with van der Waals surface area (Å²) >= 11 is 0. The minimum absolute atomic E-state index is 0.0140. The third-order valence-corrected chi connectivity index (χ3v) is 4.64. The molecule has 0 radical (unpaired) electrons. The molecule has 6 nitrogen and oxygen atoms in total. The number of likely N-dealkylation sites (N-methyl/N-ethyl adjacent to an activating group) is 1. The molecule has 2 amide bonds. The summed E-state index contributed by atoms with van der Waals surface area (Å²) in [7, 11) is 1.62. The zero-order valence-corrected chi connectivity index (χ0v) is 14.8. The fourth-order valence-electron chi connectivity index (χ4n) is 3.20. The highest BCUT2D eigenvalue weighted by molar-refractivity contribution is 6.01. The van der Waals surface area contributed by atoms with Crippen molar-refractivity contribution in [3.8, 4) is 11.1 Å². The Hall–Kier alpha value is -2.70. The van der Waals surface area contributed by atoms with Crippen molar-refractivity contribution in [3.05, 3.63) is 54.6 Å². The van der Waals surface area contributed by atoms with Crippen LogP contribution in [0.1, 0.15) is 0 Å². The van der Waals surface area contributed by atoms with Crippen LogP contribution in [0.5, 0.6) is 0 Å². The van der Waals surface area contributed by atoms with E-state index in [0.29, 0.717) is 13.1 Å². The van der Waals surface area contributed by atoms with Gasteiger partial charge in [0.05, 0.1) is 12.3 Å². The quantitative estimate of drug-likeness (QED) is 0.845. The molecular weight excluding hydrogens is 330 g/mol. The lowest BCUT2D eigenvalue weighted by Gasteiger charge is -2.36. The molecule has 0 unspecified atom stereocenters. The number of nitrogens with zero attached hydrogens (tertiary/aromatic N) is 2. The minimum Gasteiger partial charge on any atom is -0.394 e. The number of aliphatic hydroxyl groups excluding tert-OH is 1. The largest absolute Gasteiger partial charge is 0.394 e. The van der Waals surface area contributed by atoms with E-state index >= 15 is 0 Å². The fourth-order valence-corrected chi connectivity index (χ4v) is 3.20. The lowest BCUT2D eigenvalue weighted by molar-refractivity contribution is -0.139. The Labute approximate surface area is 153 Å². The van der Waals surface area contributed by atoms with Gasteiger partial charge in [0.1, 0.15) is 12.6 Å². The number of benzene rings is 2. The van der Waals surface area contributed by atoms with Crippen molar-refractivity contribution in [3.63, 3.8) is 0 Å². The normalized spacial score (nSPS) is 15.8. The van der Waals surface area contributed by atoms with Crippen molar-refractivity contribution in [2.75, 3.05) is 38.2 Å². The molecule has 0 aromatic heterocycles. The van der Waals surface area contributed by atoms with Crippen LogP contribution in [-0.2, 0) is 9.59 Å². The summed E-state index contributed by atoms with van der Waals surface area (Å²) in [5.74, 6) is -0.375. The zero-order chi connectivity index (χ0) is 18.5. The number of hydrogen-bond acceptors (Lipinski definition) is 4. The highest BCUT2D eigenvalue weighted by Crippen LogP contribution is 2.31. The van der Waals surface area contributed by atoms with Crippen LogP contribution in [-0.4, -0.2) is 61.2 Å². The first-order chi connectivity index (χ1) is 12.7. The van der Waals surface area contributed by atoms with E-state index in [-0.39, 0.29) is 25.0 Å². The fraction of sp³-hybridized carbons (Fsp3) is 0.300. The van der Waals surface area contributed by atoms with Crippen molar-refractivity contribution < 1.29 is 14.7 Å². The summed E-state index contributed by atoms with van der Waals surface area (Å²) in [5.41, 5.74) is 2.89. The molecule has 1 aliphatic heterocycles. The Bertz CT molecular complexity index is 775. The second kappa shape index (κ2) is 8.12. The molecule has 1 heterocycles. The molecule has 2 aromatic carbocycles. The van der Waals surface area contributed by atoms with E-state index in [0.717, 1.165) is 16.8 Å². The Morgan fingerprint density at radius 2 is 1.81 bits per heavy atom. The summed E-state index contributed by atoms with van der Waals surface area (Å²) in [6, 6.07) is 17.1. The Morgan fingerprint density at radius 1 is 1.12 bits per heavy atom. The van der Waals surface area contributed by atoms with Crippen LogP contribution in [0.25, 0.3) is 11.1 Å². The highest BCUT2D eigenvalue weighted by Gasteiger charge is 2.31. The minimum atomic E-state index is -0.675. The monoisotopic (exact) mass is 353 g/mol. The zero-order valence-electron chi connectivity index (χ0n) is 14.8. The molecule has 1 atom stereocenters. The van der Waals surface area contributed by atoms with Crippen molar-refractivity contribution in [2.24, 2.45) is 0 Å². The number of para-hydroxylation sites is 1. The van der Waals surface area contributed by atoms with Crippen LogP contribution < -0.4 is 10.2 Å². The topological polar surface area (TPSA) is 72.9 Å². The molecule has 2 N–H and O–H groups in total. The molecule has 0 bridgehead atoms. The predicted octanol–water partition coefficient (Wildman–Crippen LogP) is 1.11. The second-order valence-corrected chi connectivity index (χ2v) is 6.21. The van der Waals surface area contributed by atoms with Crippen molar-refractivity contribution in [2.45, 2.75) is 6.04 Å². The average Bonchev–Trinajstić information content (AvgIpc) is 2.69. The first-order valence-corrected chi connectivity index (χ1v) is 8.67. The Kier molecular flexibility index (Phi) is 5.65. The van der Waals surface area contributed by atoms with Gasteiger partial charge in [0.15, 0.2) is 0 Å². The van der Waals surface area contributed by atoms with E-state index in [1.807, 2.05) is 54.6 Å². The van der Waals surface area contributed by atoms with Gasteiger partial charge in [-0.1, -0.05) is 48.5 Å². The number of carbonyl (C=O) groups is 2. The van der Waals surface area contributed by atoms with Gasteiger partial charge in [-0.2, -0.15) is 0 Å². The molecule has 1 aliphatic rings. The van der Waals surface area contributed by atoms with E-state index in [9.17, 15) is 14.7 Å². The van der Waals surface area contributed by atoms with Gasteiger partial charge in [0.2, 0.25) is 11.8 Å².